The molecule has 1 aromatic heterocycles. The molecule has 2 aromatic rings. The van der Waals surface area contributed by atoms with Crippen molar-refractivity contribution in [3.05, 3.63) is 42.0 Å². The van der Waals surface area contributed by atoms with E-state index in [0.29, 0.717) is 30.2 Å². The fraction of sp³-hybridized carbons (Fsp3) is 0.429. The van der Waals surface area contributed by atoms with Crippen molar-refractivity contribution < 1.29 is 9.26 Å². The second-order valence-corrected chi connectivity index (χ2v) is 4.86. The molecule has 1 unspecified atom stereocenters. The molecule has 19 heavy (non-hydrogen) atoms. The zero-order valence-corrected chi connectivity index (χ0v) is 10.9. The van der Waals surface area contributed by atoms with Crippen LogP contribution in [0.25, 0.3) is 0 Å². The van der Waals surface area contributed by atoms with Gasteiger partial charge in [-0.2, -0.15) is 4.98 Å². The Morgan fingerprint density at radius 3 is 2.84 bits per heavy atom. The third-order valence-corrected chi connectivity index (χ3v) is 3.50. The summed E-state index contributed by atoms with van der Waals surface area (Å²) in [6.45, 7) is 4.52. The summed E-state index contributed by atoms with van der Waals surface area (Å²) in [7, 11) is 0. The van der Waals surface area contributed by atoms with Gasteiger partial charge in [-0.1, -0.05) is 30.3 Å². The predicted molar refractivity (Wildman–Crippen MR) is 69.8 cm³/mol. The smallest absolute Gasteiger partial charge is 0.229 e. The molecule has 1 aliphatic heterocycles. The zero-order valence-electron chi connectivity index (χ0n) is 10.9. The van der Waals surface area contributed by atoms with E-state index >= 15 is 0 Å². The highest BCUT2D eigenvalue weighted by atomic mass is 16.5. The largest absolute Gasteiger partial charge is 0.485 e. The molecule has 2 heterocycles. The van der Waals surface area contributed by atoms with Crippen molar-refractivity contribution in [3.8, 4) is 5.75 Å². The number of benzene rings is 1. The van der Waals surface area contributed by atoms with E-state index in [0.717, 1.165) is 18.8 Å². The third kappa shape index (κ3) is 2.76. The monoisotopic (exact) mass is 259 g/mol. The van der Waals surface area contributed by atoms with Crippen LogP contribution in [0.5, 0.6) is 5.75 Å². The predicted octanol–water partition coefficient (Wildman–Crippen LogP) is 1.97. The van der Waals surface area contributed by atoms with Crippen LogP contribution < -0.4 is 10.1 Å². The van der Waals surface area contributed by atoms with E-state index in [1.807, 2.05) is 30.3 Å². The van der Waals surface area contributed by atoms with Crippen LogP contribution in [0.2, 0.25) is 0 Å². The van der Waals surface area contributed by atoms with Crippen LogP contribution in [0.1, 0.15) is 24.6 Å². The summed E-state index contributed by atoms with van der Waals surface area (Å²) in [4.78, 5) is 4.40. The van der Waals surface area contributed by atoms with Gasteiger partial charge in [-0.3, -0.25) is 0 Å². The summed E-state index contributed by atoms with van der Waals surface area (Å²) < 4.78 is 10.9. The fourth-order valence-electron chi connectivity index (χ4n) is 2.04. The molecule has 5 nitrogen and oxygen atoms in total. The highest BCUT2D eigenvalue weighted by molar-refractivity contribution is 5.20. The highest BCUT2D eigenvalue weighted by Crippen LogP contribution is 2.25. The molecule has 3 rings (SSSR count). The van der Waals surface area contributed by atoms with Crippen LogP contribution in [0, 0.1) is 5.92 Å². The number of ether oxygens (including phenoxy) is 1. The van der Waals surface area contributed by atoms with Crippen LogP contribution >= 0.6 is 0 Å². The first kappa shape index (κ1) is 12.2. The molecule has 0 aliphatic carbocycles. The summed E-state index contributed by atoms with van der Waals surface area (Å²) in [5, 5.41) is 7.21. The first-order valence-electron chi connectivity index (χ1n) is 6.54. The lowest BCUT2D eigenvalue weighted by molar-refractivity contribution is 0.249. The van der Waals surface area contributed by atoms with Crippen molar-refractivity contribution in [1.82, 2.24) is 15.5 Å². The standard InChI is InChI=1S/C14H17N3O2/c1-10(11-7-15-8-11)14-16-13(17-19-14)9-18-12-5-3-2-4-6-12/h2-6,10-11,15H,7-9H2,1H3. The Morgan fingerprint density at radius 1 is 1.37 bits per heavy atom. The first-order chi connectivity index (χ1) is 9.33. The van der Waals surface area contributed by atoms with Crippen LogP contribution in [-0.4, -0.2) is 23.2 Å². The number of aromatic nitrogens is 2. The molecule has 100 valence electrons. The van der Waals surface area contributed by atoms with E-state index in [1.165, 1.54) is 0 Å². The number of rotatable bonds is 5. The van der Waals surface area contributed by atoms with E-state index in [9.17, 15) is 0 Å². The van der Waals surface area contributed by atoms with Crippen molar-refractivity contribution in [3.63, 3.8) is 0 Å². The SMILES string of the molecule is CC(c1nc(COc2ccccc2)no1)C1CNC1. The number of hydrogen-bond acceptors (Lipinski definition) is 5. The molecule has 1 fully saturated rings. The maximum atomic E-state index is 5.59. The van der Waals surface area contributed by atoms with Gasteiger partial charge in [0.25, 0.3) is 0 Å². The number of para-hydroxylation sites is 1. The summed E-state index contributed by atoms with van der Waals surface area (Å²) in [6, 6.07) is 9.63. The Balaban J connectivity index is 1.58. The number of nitrogens with one attached hydrogen (secondary N) is 1. The molecular weight excluding hydrogens is 242 g/mol. The van der Waals surface area contributed by atoms with Gasteiger partial charge >= 0.3 is 0 Å². The molecule has 1 saturated heterocycles. The maximum Gasteiger partial charge on any atom is 0.229 e. The van der Waals surface area contributed by atoms with E-state index in [1.54, 1.807) is 0 Å². The summed E-state index contributed by atoms with van der Waals surface area (Å²) in [5.74, 6) is 3.02. The first-order valence-corrected chi connectivity index (χ1v) is 6.54. The van der Waals surface area contributed by atoms with Gasteiger partial charge in [0, 0.05) is 5.92 Å². The number of nitrogens with zero attached hydrogens (tertiary/aromatic N) is 2. The highest BCUT2D eigenvalue weighted by Gasteiger charge is 2.28. The Morgan fingerprint density at radius 2 is 2.16 bits per heavy atom. The Bertz CT molecular complexity index is 522. The summed E-state index contributed by atoms with van der Waals surface area (Å²) in [5.41, 5.74) is 0. The Labute approximate surface area is 112 Å². The van der Waals surface area contributed by atoms with E-state index < -0.39 is 0 Å². The molecule has 1 atom stereocenters. The van der Waals surface area contributed by atoms with Gasteiger partial charge in [-0.15, -0.1) is 0 Å². The average Bonchev–Trinajstić information content (AvgIpc) is 2.84. The van der Waals surface area contributed by atoms with E-state index in [-0.39, 0.29) is 0 Å². The molecule has 0 bridgehead atoms. The average molecular weight is 259 g/mol. The normalized spacial score (nSPS) is 16.9. The molecule has 0 radical (unpaired) electrons. The van der Waals surface area contributed by atoms with Gasteiger partial charge in [0.1, 0.15) is 5.75 Å². The molecule has 1 aliphatic rings. The minimum Gasteiger partial charge on any atom is -0.485 e. The summed E-state index contributed by atoms with van der Waals surface area (Å²) in [6.07, 6.45) is 0. The van der Waals surface area contributed by atoms with Gasteiger partial charge in [0.2, 0.25) is 11.7 Å². The van der Waals surface area contributed by atoms with Crippen molar-refractivity contribution in [2.75, 3.05) is 13.1 Å². The summed E-state index contributed by atoms with van der Waals surface area (Å²) >= 11 is 0. The lowest BCUT2D eigenvalue weighted by atomic mass is 9.89. The van der Waals surface area contributed by atoms with E-state index in [2.05, 4.69) is 22.4 Å². The van der Waals surface area contributed by atoms with Crippen molar-refractivity contribution in [1.29, 1.82) is 0 Å². The molecule has 1 N–H and O–H groups in total. The molecule has 0 spiro atoms. The maximum absolute atomic E-state index is 5.59. The van der Waals surface area contributed by atoms with Crippen LogP contribution in [-0.2, 0) is 6.61 Å². The van der Waals surface area contributed by atoms with Gasteiger partial charge < -0.3 is 14.6 Å². The molecule has 0 amide bonds. The van der Waals surface area contributed by atoms with Gasteiger partial charge in [-0.05, 0) is 31.1 Å². The van der Waals surface area contributed by atoms with Crippen LogP contribution in [0.3, 0.4) is 0 Å². The lowest BCUT2D eigenvalue weighted by Crippen LogP contribution is -2.44. The second-order valence-electron chi connectivity index (χ2n) is 4.86. The Kier molecular flexibility index (Phi) is 3.46. The van der Waals surface area contributed by atoms with Gasteiger partial charge in [0.15, 0.2) is 6.61 Å². The van der Waals surface area contributed by atoms with Crippen LogP contribution in [0.4, 0.5) is 0 Å². The van der Waals surface area contributed by atoms with Gasteiger partial charge in [-0.25, -0.2) is 0 Å². The van der Waals surface area contributed by atoms with E-state index in [4.69, 9.17) is 9.26 Å². The van der Waals surface area contributed by atoms with Crippen LogP contribution in [0.15, 0.2) is 34.9 Å². The molecule has 5 heteroatoms. The second kappa shape index (κ2) is 5.40. The minimum atomic E-state index is 0.305. The third-order valence-electron chi connectivity index (χ3n) is 3.50. The van der Waals surface area contributed by atoms with Gasteiger partial charge in [0.05, 0.1) is 0 Å². The fourth-order valence-corrected chi connectivity index (χ4v) is 2.04. The molecule has 0 saturated carbocycles. The van der Waals surface area contributed by atoms with Crippen molar-refractivity contribution in [2.24, 2.45) is 5.92 Å². The quantitative estimate of drug-likeness (QED) is 0.889. The van der Waals surface area contributed by atoms with Crippen molar-refractivity contribution >= 4 is 0 Å². The molecule has 1 aromatic carbocycles. The minimum absolute atomic E-state index is 0.305. The topological polar surface area (TPSA) is 60.2 Å². The molecular formula is C14H17N3O2. The Hall–Kier alpha value is -1.88. The zero-order chi connectivity index (χ0) is 13.1. The number of hydrogen-bond donors (Lipinski definition) is 1. The lowest BCUT2D eigenvalue weighted by Gasteiger charge is -2.30. The van der Waals surface area contributed by atoms with Crippen molar-refractivity contribution in [2.45, 2.75) is 19.4 Å².